The Labute approximate surface area is 128 Å². The van der Waals surface area contributed by atoms with E-state index in [1.807, 2.05) is 12.3 Å². The zero-order chi connectivity index (χ0) is 15.3. The third-order valence-electron chi connectivity index (χ3n) is 3.49. The molecule has 1 aromatic heterocycles. The summed E-state index contributed by atoms with van der Waals surface area (Å²) in [4.78, 5) is 0. The van der Waals surface area contributed by atoms with Gasteiger partial charge in [0, 0.05) is 24.8 Å². The van der Waals surface area contributed by atoms with Crippen molar-refractivity contribution in [1.82, 2.24) is 15.1 Å². The van der Waals surface area contributed by atoms with Crippen molar-refractivity contribution in [2.45, 2.75) is 34.2 Å². The quantitative estimate of drug-likeness (QED) is 0.838. The lowest BCUT2D eigenvalue weighted by Crippen LogP contribution is -2.34. The van der Waals surface area contributed by atoms with Gasteiger partial charge < -0.3 is 5.32 Å². The molecule has 0 aliphatic carbocycles. The van der Waals surface area contributed by atoms with Gasteiger partial charge in [-0.15, -0.1) is 0 Å². The Kier molecular flexibility index (Phi) is 5.18. The highest BCUT2D eigenvalue weighted by Gasteiger charge is 2.19. The first-order valence-corrected chi connectivity index (χ1v) is 7.75. The van der Waals surface area contributed by atoms with Crippen LogP contribution in [0.4, 0.5) is 0 Å². The van der Waals surface area contributed by atoms with Gasteiger partial charge >= 0.3 is 0 Å². The summed E-state index contributed by atoms with van der Waals surface area (Å²) in [7, 11) is 0. The van der Waals surface area contributed by atoms with Crippen LogP contribution in [0.15, 0.2) is 42.7 Å². The summed E-state index contributed by atoms with van der Waals surface area (Å²) in [6, 6.07) is 10.4. The van der Waals surface area contributed by atoms with E-state index in [4.69, 9.17) is 0 Å². The number of aromatic nitrogens is 2. The van der Waals surface area contributed by atoms with Gasteiger partial charge in [-0.2, -0.15) is 5.10 Å². The van der Waals surface area contributed by atoms with Crippen LogP contribution in [0.5, 0.6) is 0 Å². The van der Waals surface area contributed by atoms with E-state index < -0.39 is 0 Å². The van der Waals surface area contributed by atoms with Crippen molar-refractivity contribution in [3.8, 4) is 11.1 Å². The van der Waals surface area contributed by atoms with Crippen molar-refractivity contribution in [3.63, 3.8) is 0 Å². The minimum atomic E-state index is 0.189. The van der Waals surface area contributed by atoms with Gasteiger partial charge in [0.2, 0.25) is 0 Å². The van der Waals surface area contributed by atoms with Crippen molar-refractivity contribution < 1.29 is 0 Å². The maximum atomic E-state index is 4.51. The highest BCUT2D eigenvalue weighted by atomic mass is 15.3. The van der Waals surface area contributed by atoms with Gasteiger partial charge in [-0.1, -0.05) is 58.0 Å². The van der Waals surface area contributed by atoms with Gasteiger partial charge in [0.05, 0.1) is 6.20 Å². The molecular weight excluding hydrogens is 258 g/mol. The van der Waals surface area contributed by atoms with Gasteiger partial charge in [-0.3, -0.25) is 4.68 Å². The highest BCUT2D eigenvalue weighted by molar-refractivity contribution is 5.61. The van der Waals surface area contributed by atoms with E-state index in [1.54, 1.807) is 0 Å². The first-order valence-electron chi connectivity index (χ1n) is 7.75. The Bertz CT molecular complexity index is 541. The minimum Gasteiger partial charge on any atom is -0.316 e. The van der Waals surface area contributed by atoms with E-state index in [2.05, 4.69) is 73.3 Å². The first kappa shape index (κ1) is 15.8. The predicted molar refractivity (Wildman–Crippen MR) is 89.2 cm³/mol. The second kappa shape index (κ2) is 6.90. The van der Waals surface area contributed by atoms with E-state index in [-0.39, 0.29) is 5.41 Å². The topological polar surface area (TPSA) is 29.9 Å². The van der Waals surface area contributed by atoms with Crippen LogP contribution in [0.2, 0.25) is 0 Å². The summed E-state index contributed by atoms with van der Waals surface area (Å²) in [6.45, 7) is 12.0. The molecule has 0 saturated carbocycles. The molecule has 0 fully saturated rings. The van der Waals surface area contributed by atoms with Gasteiger partial charge in [0.1, 0.15) is 0 Å². The smallest absolute Gasteiger partial charge is 0.0568 e. The van der Waals surface area contributed by atoms with Crippen LogP contribution in [0.3, 0.4) is 0 Å². The fraction of sp³-hybridized carbons (Fsp3) is 0.500. The average molecular weight is 285 g/mol. The highest BCUT2D eigenvalue weighted by Crippen LogP contribution is 2.21. The maximum absolute atomic E-state index is 4.51. The van der Waals surface area contributed by atoms with Crippen molar-refractivity contribution in [1.29, 1.82) is 0 Å². The summed E-state index contributed by atoms with van der Waals surface area (Å²) in [6.07, 6.45) is 4.09. The molecule has 0 bridgehead atoms. The third-order valence-corrected chi connectivity index (χ3v) is 3.49. The van der Waals surface area contributed by atoms with Gasteiger partial charge in [-0.25, -0.2) is 0 Å². The van der Waals surface area contributed by atoms with Crippen molar-refractivity contribution >= 4 is 0 Å². The molecule has 2 aromatic rings. The molecule has 0 aliphatic heterocycles. The maximum Gasteiger partial charge on any atom is 0.0568 e. The molecule has 2 rings (SSSR count). The van der Waals surface area contributed by atoms with Crippen LogP contribution in [0, 0.1) is 11.3 Å². The molecule has 114 valence electrons. The fourth-order valence-corrected chi connectivity index (χ4v) is 2.42. The summed E-state index contributed by atoms with van der Waals surface area (Å²) >= 11 is 0. The second-order valence-corrected chi connectivity index (χ2v) is 6.98. The molecular formula is C18H27N3. The molecule has 0 saturated heterocycles. The molecule has 1 heterocycles. The lowest BCUT2D eigenvalue weighted by molar-refractivity contribution is 0.272. The second-order valence-electron chi connectivity index (χ2n) is 6.98. The molecule has 1 N–H and O–H groups in total. The van der Waals surface area contributed by atoms with Crippen molar-refractivity contribution in [3.05, 3.63) is 42.7 Å². The monoisotopic (exact) mass is 285 g/mol. The van der Waals surface area contributed by atoms with E-state index in [1.165, 1.54) is 11.1 Å². The predicted octanol–water partition coefficient (Wildman–Crippen LogP) is 3.82. The zero-order valence-electron chi connectivity index (χ0n) is 13.6. The Hall–Kier alpha value is -1.61. The summed E-state index contributed by atoms with van der Waals surface area (Å²) in [5.74, 6) is 0.690. The largest absolute Gasteiger partial charge is 0.316 e. The number of benzene rings is 1. The Morgan fingerprint density at radius 2 is 1.86 bits per heavy atom. The van der Waals surface area contributed by atoms with E-state index in [0.29, 0.717) is 5.92 Å². The normalized spacial score (nSPS) is 12.0. The molecule has 0 atom stereocenters. The lowest BCUT2D eigenvalue weighted by atomic mass is 9.93. The number of rotatable bonds is 7. The summed E-state index contributed by atoms with van der Waals surface area (Å²) in [5, 5.41) is 8.05. The van der Waals surface area contributed by atoms with Gasteiger partial charge in [0.25, 0.3) is 0 Å². The van der Waals surface area contributed by atoms with E-state index >= 15 is 0 Å². The molecule has 3 nitrogen and oxygen atoms in total. The number of nitrogens with one attached hydrogen (secondary N) is 1. The fourth-order valence-electron chi connectivity index (χ4n) is 2.42. The van der Waals surface area contributed by atoms with Crippen LogP contribution >= 0.6 is 0 Å². The van der Waals surface area contributed by atoms with Crippen LogP contribution in [0.1, 0.15) is 27.7 Å². The summed E-state index contributed by atoms with van der Waals surface area (Å²) < 4.78 is 2.05. The average Bonchev–Trinajstić information content (AvgIpc) is 2.86. The molecule has 0 amide bonds. The standard InChI is InChI=1S/C18H27N3/c1-15(2)10-19-13-18(3,4)14-21-12-17(11-20-21)16-8-6-5-7-9-16/h5-9,11-12,15,19H,10,13-14H2,1-4H3. The van der Waals surface area contributed by atoms with Crippen LogP contribution in [-0.4, -0.2) is 22.9 Å². The zero-order valence-corrected chi connectivity index (χ0v) is 13.6. The Morgan fingerprint density at radius 1 is 1.14 bits per heavy atom. The molecule has 3 heteroatoms. The SMILES string of the molecule is CC(C)CNCC(C)(C)Cn1cc(-c2ccccc2)cn1. The van der Waals surface area contributed by atoms with E-state index in [0.717, 1.165) is 19.6 Å². The minimum absolute atomic E-state index is 0.189. The van der Waals surface area contributed by atoms with Gasteiger partial charge in [0.15, 0.2) is 0 Å². The van der Waals surface area contributed by atoms with Crippen LogP contribution in [0.25, 0.3) is 11.1 Å². The van der Waals surface area contributed by atoms with Crippen molar-refractivity contribution in [2.75, 3.05) is 13.1 Å². The Morgan fingerprint density at radius 3 is 2.52 bits per heavy atom. The summed E-state index contributed by atoms with van der Waals surface area (Å²) in [5.41, 5.74) is 2.59. The van der Waals surface area contributed by atoms with Crippen LogP contribution < -0.4 is 5.32 Å². The first-order chi connectivity index (χ1) is 9.96. The number of nitrogens with zero attached hydrogens (tertiary/aromatic N) is 2. The molecule has 21 heavy (non-hydrogen) atoms. The molecule has 0 unspecified atom stereocenters. The third kappa shape index (κ3) is 5.01. The Balaban J connectivity index is 1.95. The lowest BCUT2D eigenvalue weighted by Gasteiger charge is -2.25. The molecule has 0 radical (unpaired) electrons. The van der Waals surface area contributed by atoms with Crippen LogP contribution in [-0.2, 0) is 6.54 Å². The van der Waals surface area contributed by atoms with E-state index in [9.17, 15) is 0 Å². The van der Waals surface area contributed by atoms with Gasteiger partial charge in [-0.05, 0) is 23.4 Å². The number of hydrogen-bond donors (Lipinski definition) is 1. The number of hydrogen-bond acceptors (Lipinski definition) is 2. The van der Waals surface area contributed by atoms with Crippen molar-refractivity contribution in [2.24, 2.45) is 11.3 Å². The molecule has 0 spiro atoms. The molecule has 0 aliphatic rings. The molecule has 1 aromatic carbocycles.